The first-order valence-corrected chi connectivity index (χ1v) is 10.1. The van der Waals surface area contributed by atoms with E-state index in [9.17, 15) is 14.4 Å². The fourth-order valence-corrected chi connectivity index (χ4v) is 4.39. The highest BCUT2D eigenvalue weighted by molar-refractivity contribution is 8.26. The number of carbonyl (C=O) groups excluding carboxylic acids is 3. The van der Waals surface area contributed by atoms with Crippen LogP contribution in [-0.4, -0.2) is 32.1 Å². The Morgan fingerprint density at radius 2 is 1.43 bits per heavy atom. The molecule has 2 heterocycles. The first-order valence-electron chi connectivity index (χ1n) is 8.84. The van der Waals surface area contributed by atoms with Crippen LogP contribution in [0.15, 0.2) is 59.5 Å². The van der Waals surface area contributed by atoms with Crippen LogP contribution in [0.3, 0.4) is 0 Å². The van der Waals surface area contributed by atoms with Crippen LogP contribution < -0.4 is 0 Å². The highest BCUT2D eigenvalue weighted by atomic mass is 32.2. The summed E-state index contributed by atoms with van der Waals surface area (Å²) in [6.07, 6.45) is 2.71. The number of hydrogen-bond acceptors (Lipinski definition) is 5. The van der Waals surface area contributed by atoms with Crippen LogP contribution in [0, 0.1) is 0 Å². The third-order valence-electron chi connectivity index (χ3n) is 4.54. The lowest BCUT2D eigenvalue weighted by Gasteiger charge is -2.31. The van der Waals surface area contributed by atoms with E-state index < -0.39 is 5.91 Å². The molecule has 2 aliphatic rings. The lowest BCUT2D eigenvalue weighted by Crippen LogP contribution is -2.53. The monoisotopic (exact) mass is 408 g/mol. The minimum absolute atomic E-state index is 0.195. The van der Waals surface area contributed by atoms with Crippen molar-refractivity contribution in [1.82, 2.24) is 10.0 Å². The summed E-state index contributed by atoms with van der Waals surface area (Å²) in [5, 5.41) is 1.94. The third kappa shape index (κ3) is 3.50. The number of imide groups is 1. The minimum atomic E-state index is -0.439. The topological polar surface area (TPSA) is 57.7 Å². The van der Waals surface area contributed by atoms with Crippen molar-refractivity contribution in [2.45, 2.75) is 19.3 Å². The van der Waals surface area contributed by atoms with Crippen molar-refractivity contribution >= 4 is 52.1 Å². The molecule has 3 amide bonds. The number of thioether (sulfide) groups is 1. The van der Waals surface area contributed by atoms with Gasteiger partial charge in [0, 0.05) is 12.8 Å². The molecule has 2 fully saturated rings. The van der Waals surface area contributed by atoms with Crippen molar-refractivity contribution in [3.63, 3.8) is 0 Å². The molecule has 0 aliphatic carbocycles. The Balaban J connectivity index is 1.57. The van der Waals surface area contributed by atoms with Crippen molar-refractivity contribution in [1.29, 1.82) is 0 Å². The number of nitrogens with zero attached hydrogens (tertiary/aromatic N) is 2. The Morgan fingerprint density at radius 1 is 0.821 bits per heavy atom. The standard InChI is InChI=1S/C21H16N2O3S2/c24-18-7-4-8-19(25)22(18)23-20(26)17(28-21(23)27)13-14-9-11-16(12-10-14)15-5-2-1-3-6-15/h1-3,5-6,9-13H,4,7-8H2/b17-13-. The Kier molecular flexibility index (Phi) is 5.11. The molecule has 5 nitrogen and oxygen atoms in total. The van der Waals surface area contributed by atoms with Gasteiger partial charge in [-0.25, -0.2) is 0 Å². The van der Waals surface area contributed by atoms with Crippen LogP contribution >= 0.6 is 24.0 Å². The second-order valence-corrected chi connectivity index (χ2v) is 8.11. The van der Waals surface area contributed by atoms with E-state index in [0.717, 1.165) is 38.5 Å². The molecule has 0 aromatic heterocycles. The van der Waals surface area contributed by atoms with Crippen LogP contribution in [0.4, 0.5) is 0 Å². The van der Waals surface area contributed by atoms with Crippen molar-refractivity contribution in [2.24, 2.45) is 0 Å². The summed E-state index contributed by atoms with van der Waals surface area (Å²) in [7, 11) is 0. The Labute approximate surface area is 172 Å². The fraction of sp³-hybridized carbons (Fsp3) is 0.143. The highest BCUT2D eigenvalue weighted by Crippen LogP contribution is 2.35. The number of piperidine rings is 1. The predicted octanol–water partition coefficient (Wildman–Crippen LogP) is 4.01. The molecular weight excluding hydrogens is 392 g/mol. The lowest BCUT2D eigenvalue weighted by molar-refractivity contribution is -0.166. The summed E-state index contributed by atoms with van der Waals surface area (Å²) in [5.41, 5.74) is 3.04. The number of carbonyl (C=O) groups is 3. The molecule has 2 aromatic carbocycles. The second kappa shape index (κ2) is 7.69. The Morgan fingerprint density at radius 3 is 2.07 bits per heavy atom. The SMILES string of the molecule is O=C1CCCC(=O)N1N1C(=O)/C(=C/c2ccc(-c3ccccc3)cc2)SC1=S. The Hall–Kier alpha value is -2.77. The van der Waals surface area contributed by atoms with Gasteiger partial charge in [-0.15, -0.1) is 0 Å². The zero-order chi connectivity index (χ0) is 19.7. The van der Waals surface area contributed by atoms with Crippen LogP contribution in [0.5, 0.6) is 0 Å². The van der Waals surface area contributed by atoms with Crippen LogP contribution in [-0.2, 0) is 14.4 Å². The number of benzene rings is 2. The maximum absolute atomic E-state index is 12.8. The van der Waals surface area contributed by atoms with E-state index in [1.165, 1.54) is 0 Å². The van der Waals surface area contributed by atoms with Crippen molar-refractivity contribution in [3.8, 4) is 11.1 Å². The molecular formula is C21H16N2O3S2. The zero-order valence-electron chi connectivity index (χ0n) is 14.8. The van der Waals surface area contributed by atoms with Gasteiger partial charge in [0.15, 0.2) is 4.32 Å². The molecule has 28 heavy (non-hydrogen) atoms. The predicted molar refractivity (Wildman–Crippen MR) is 113 cm³/mol. The summed E-state index contributed by atoms with van der Waals surface area (Å²) < 4.78 is 0.195. The first kappa shape index (κ1) is 18.6. The molecule has 2 saturated heterocycles. The van der Waals surface area contributed by atoms with Crippen LogP contribution in [0.2, 0.25) is 0 Å². The average Bonchev–Trinajstić information content (AvgIpc) is 2.97. The molecule has 0 bridgehead atoms. The van der Waals surface area contributed by atoms with Crippen LogP contribution in [0.1, 0.15) is 24.8 Å². The number of thiocarbonyl (C=S) groups is 1. The molecule has 0 spiro atoms. The van der Waals surface area contributed by atoms with E-state index in [0.29, 0.717) is 11.3 Å². The molecule has 0 N–H and O–H groups in total. The molecule has 2 aliphatic heterocycles. The van der Waals surface area contributed by atoms with Gasteiger partial charge in [0.1, 0.15) is 0 Å². The zero-order valence-corrected chi connectivity index (χ0v) is 16.5. The van der Waals surface area contributed by atoms with Gasteiger partial charge in [-0.05, 0) is 41.4 Å². The van der Waals surface area contributed by atoms with Gasteiger partial charge in [0.2, 0.25) is 11.8 Å². The molecule has 0 radical (unpaired) electrons. The van der Waals surface area contributed by atoms with Gasteiger partial charge in [-0.2, -0.15) is 10.0 Å². The summed E-state index contributed by atoms with van der Waals surface area (Å²) in [5.74, 6) is -1.22. The van der Waals surface area contributed by atoms with Gasteiger partial charge in [0.05, 0.1) is 4.91 Å². The molecule has 4 rings (SSSR count). The molecule has 0 unspecified atom stereocenters. The molecule has 7 heteroatoms. The minimum Gasteiger partial charge on any atom is -0.273 e. The van der Waals surface area contributed by atoms with Gasteiger partial charge in [0.25, 0.3) is 5.91 Å². The summed E-state index contributed by atoms with van der Waals surface area (Å²) in [6.45, 7) is 0. The fourth-order valence-electron chi connectivity index (χ4n) is 3.15. The van der Waals surface area contributed by atoms with Crippen molar-refractivity contribution in [2.75, 3.05) is 0 Å². The molecule has 140 valence electrons. The first-order chi connectivity index (χ1) is 13.5. The average molecular weight is 409 g/mol. The van der Waals surface area contributed by atoms with Gasteiger partial charge < -0.3 is 0 Å². The summed E-state index contributed by atoms with van der Waals surface area (Å²) in [4.78, 5) is 37.5. The normalized spacial score (nSPS) is 19.1. The maximum Gasteiger partial charge on any atom is 0.285 e. The van der Waals surface area contributed by atoms with Gasteiger partial charge in [-0.1, -0.05) is 66.4 Å². The second-order valence-electron chi connectivity index (χ2n) is 6.43. The smallest absolute Gasteiger partial charge is 0.273 e. The third-order valence-corrected chi connectivity index (χ3v) is 5.83. The van der Waals surface area contributed by atoms with E-state index in [1.807, 2.05) is 54.6 Å². The number of hydrazine groups is 1. The number of hydrogen-bond donors (Lipinski definition) is 0. The number of rotatable bonds is 3. The van der Waals surface area contributed by atoms with Gasteiger partial charge in [-0.3, -0.25) is 14.4 Å². The lowest BCUT2D eigenvalue weighted by atomic mass is 10.0. The van der Waals surface area contributed by atoms with E-state index in [2.05, 4.69) is 0 Å². The van der Waals surface area contributed by atoms with Crippen molar-refractivity contribution < 1.29 is 14.4 Å². The highest BCUT2D eigenvalue weighted by Gasteiger charge is 2.42. The molecule has 0 saturated carbocycles. The van der Waals surface area contributed by atoms with E-state index in [-0.39, 0.29) is 29.0 Å². The largest absolute Gasteiger partial charge is 0.285 e. The van der Waals surface area contributed by atoms with E-state index in [1.54, 1.807) is 6.08 Å². The van der Waals surface area contributed by atoms with E-state index >= 15 is 0 Å². The van der Waals surface area contributed by atoms with Crippen LogP contribution in [0.25, 0.3) is 17.2 Å². The van der Waals surface area contributed by atoms with Crippen molar-refractivity contribution in [3.05, 3.63) is 65.1 Å². The molecule has 2 aromatic rings. The molecule has 0 atom stereocenters. The van der Waals surface area contributed by atoms with E-state index in [4.69, 9.17) is 12.2 Å². The van der Waals surface area contributed by atoms with Gasteiger partial charge >= 0.3 is 0 Å². The quantitative estimate of drug-likeness (QED) is 0.436. The maximum atomic E-state index is 12.8. The summed E-state index contributed by atoms with van der Waals surface area (Å²) >= 11 is 6.36. The summed E-state index contributed by atoms with van der Waals surface area (Å²) in [6, 6.07) is 17.8. The number of amides is 3. The Bertz CT molecular complexity index is 984.